The van der Waals surface area contributed by atoms with E-state index in [1.807, 2.05) is 0 Å². The Morgan fingerprint density at radius 1 is 1.47 bits per heavy atom. The highest BCUT2D eigenvalue weighted by Gasteiger charge is 2.21. The van der Waals surface area contributed by atoms with Gasteiger partial charge in [-0.3, -0.25) is 10.1 Å². The van der Waals surface area contributed by atoms with Crippen LogP contribution in [-0.4, -0.2) is 35.5 Å². The van der Waals surface area contributed by atoms with Gasteiger partial charge in [-0.05, 0) is 31.5 Å². The number of hydrogen-bond acceptors (Lipinski definition) is 4. The lowest BCUT2D eigenvalue weighted by atomic mass is 10.0. The van der Waals surface area contributed by atoms with Crippen molar-refractivity contribution in [2.45, 2.75) is 25.8 Å². The first-order chi connectivity index (χ1) is 9.10. The Hall–Kier alpha value is -1.14. The van der Waals surface area contributed by atoms with E-state index in [0.717, 1.165) is 36.9 Å². The van der Waals surface area contributed by atoms with Crippen LogP contribution in [0, 0.1) is 10.1 Å². The van der Waals surface area contributed by atoms with Crippen molar-refractivity contribution < 1.29 is 4.92 Å². The molecule has 0 radical (unpaired) electrons. The lowest BCUT2D eigenvalue weighted by Gasteiger charge is -2.31. The molecular weight excluding hydrogens is 310 g/mol. The Morgan fingerprint density at radius 2 is 2.16 bits per heavy atom. The molecule has 1 saturated heterocycles. The zero-order valence-corrected chi connectivity index (χ0v) is 12.5. The highest BCUT2D eigenvalue weighted by atomic mass is 79.9. The third-order valence-electron chi connectivity index (χ3n) is 3.55. The van der Waals surface area contributed by atoms with Crippen LogP contribution >= 0.6 is 15.9 Å². The molecule has 1 heterocycles. The summed E-state index contributed by atoms with van der Waals surface area (Å²) in [6, 6.07) is 5.33. The fourth-order valence-electron chi connectivity index (χ4n) is 2.40. The average Bonchev–Trinajstić information content (AvgIpc) is 2.39. The Bertz CT molecular complexity index is 459. The van der Waals surface area contributed by atoms with Gasteiger partial charge in [-0.2, -0.15) is 0 Å². The first-order valence-electron chi connectivity index (χ1n) is 6.53. The van der Waals surface area contributed by atoms with Gasteiger partial charge in [-0.1, -0.05) is 22.9 Å². The largest absolute Gasteiger partial charge is 0.377 e. The maximum atomic E-state index is 11.0. The van der Waals surface area contributed by atoms with E-state index in [9.17, 15) is 10.1 Å². The van der Waals surface area contributed by atoms with E-state index in [0.29, 0.717) is 11.7 Å². The van der Waals surface area contributed by atoms with Gasteiger partial charge in [-0.25, -0.2) is 0 Å². The van der Waals surface area contributed by atoms with Crippen molar-refractivity contribution in [2.24, 2.45) is 0 Å². The molecule has 1 fully saturated rings. The summed E-state index contributed by atoms with van der Waals surface area (Å²) in [5, 5.41) is 14.3. The predicted molar refractivity (Wildman–Crippen MR) is 79.6 cm³/mol. The summed E-state index contributed by atoms with van der Waals surface area (Å²) < 4.78 is 0.853. The monoisotopic (exact) mass is 327 g/mol. The Balaban J connectivity index is 2.06. The number of nitro benzene ring substituents is 1. The van der Waals surface area contributed by atoms with E-state index >= 15 is 0 Å². The summed E-state index contributed by atoms with van der Waals surface area (Å²) in [6.07, 6.45) is 2.05. The highest BCUT2D eigenvalue weighted by Crippen LogP contribution is 2.29. The minimum absolute atomic E-state index is 0.140. The third kappa shape index (κ3) is 3.67. The van der Waals surface area contributed by atoms with Crippen molar-refractivity contribution >= 4 is 27.3 Å². The molecule has 0 spiro atoms. The van der Waals surface area contributed by atoms with Crippen molar-refractivity contribution in [1.29, 1.82) is 0 Å². The maximum Gasteiger partial charge on any atom is 0.292 e. The van der Waals surface area contributed by atoms with Gasteiger partial charge in [0.05, 0.1) is 4.92 Å². The topological polar surface area (TPSA) is 58.4 Å². The van der Waals surface area contributed by atoms with Crippen LogP contribution < -0.4 is 5.32 Å². The predicted octanol–water partition coefficient (Wildman–Crippen LogP) is 3.25. The number of halogens is 1. The molecule has 1 N–H and O–H groups in total. The first kappa shape index (κ1) is 14.3. The molecule has 0 aromatic heterocycles. The van der Waals surface area contributed by atoms with Gasteiger partial charge in [0, 0.05) is 29.7 Å². The van der Waals surface area contributed by atoms with Crippen LogP contribution in [0.15, 0.2) is 22.7 Å². The quantitative estimate of drug-likeness (QED) is 0.681. The second-order valence-electron chi connectivity index (χ2n) is 4.77. The zero-order valence-electron chi connectivity index (χ0n) is 10.9. The average molecular weight is 328 g/mol. The van der Waals surface area contributed by atoms with Crippen LogP contribution in [0.5, 0.6) is 0 Å². The molecule has 0 unspecified atom stereocenters. The zero-order chi connectivity index (χ0) is 13.8. The molecule has 0 atom stereocenters. The summed E-state index contributed by atoms with van der Waals surface area (Å²) in [7, 11) is 0. The van der Waals surface area contributed by atoms with E-state index < -0.39 is 0 Å². The number of nitrogens with one attached hydrogen (secondary N) is 1. The van der Waals surface area contributed by atoms with Crippen molar-refractivity contribution in [1.82, 2.24) is 4.90 Å². The molecule has 2 rings (SSSR count). The van der Waals surface area contributed by atoms with Crippen LogP contribution in [0.4, 0.5) is 11.4 Å². The molecule has 19 heavy (non-hydrogen) atoms. The number of rotatable bonds is 4. The van der Waals surface area contributed by atoms with E-state index in [2.05, 4.69) is 33.1 Å². The maximum absolute atomic E-state index is 11.0. The van der Waals surface area contributed by atoms with Crippen molar-refractivity contribution in [3.63, 3.8) is 0 Å². The Labute approximate surface area is 121 Å². The molecule has 1 aromatic rings. The first-order valence-corrected chi connectivity index (χ1v) is 7.32. The van der Waals surface area contributed by atoms with Crippen LogP contribution in [0.2, 0.25) is 0 Å². The van der Waals surface area contributed by atoms with E-state index in [-0.39, 0.29) is 10.6 Å². The Kier molecular flexibility index (Phi) is 4.76. The number of nitro groups is 1. The van der Waals surface area contributed by atoms with Gasteiger partial charge >= 0.3 is 0 Å². The van der Waals surface area contributed by atoms with Crippen molar-refractivity contribution in [3.8, 4) is 0 Å². The van der Waals surface area contributed by atoms with E-state index in [4.69, 9.17) is 0 Å². The van der Waals surface area contributed by atoms with E-state index in [1.54, 1.807) is 12.1 Å². The molecule has 6 heteroatoms. The molecule has 104 valence electrons. The van der Waals surface area contributed by atoms with Crippen molar-refractivity contribution in [3.05, 3.63) is 32.8 Å². The Morgan fingerprint density at radius 3 is 2.74 bits per heavy atom. The number of benzene rings is 1. The lowest BCUT2D eigenvalue weighted by molar-refractivity contribution is -0.384. The molecule has 5 nitrogen and oxygen atoms in total. The second-order valence-corrected chi connectivity index (χ2v) is 5.69. The van der Waals surface area contributed by atoms with Gasteiger partial charge in [-0.15, -0.1) is 0 Å². The fraction of sp³-hybridized carbons (Fsp3) is 0.538. The van der Waals surface area contributed by atoms with Gasteiger partial charge in [0.2, 0.25) is 0 Å². The molecule has 0 amide bonds. The van der Waals surface area contributed by atoms with Crippen molar-refractivity contribution in [2.75, 3.05) is 25.0 Å². The minimum atomic E-state index is -0.337. The van der Waals surface area contributed by atoms with Gasteiger partial charge < -0.3 is 10.2 Å². The smallest absolute Gasteiger partial charge is 0.292 e. The molecule has 1 aliphatic rings. The lowest BCUT2D eigenvalue weighted by Crippen LogP contribution is -2.38. The normalized spacial score (nSPS) is 17.4. The number of hydrogen-bond donors (Lipinski definition) is 1. The van der Waals surface area contributed by atoms with Crippen LogP contribution in [-0.2, 0) is 0 Å². The summed E-state index contributed by atoms with van der Waals surface area (Å²) in [6.45, 7) is 5.34. The summed E-state index contributed by atoms with van der Waals surface area (Å²) in [5.74, 6) is 0. The third-order valence-corrected chi connectivity index (χ3v) is 4.04. The number of anilines is 1. The highest BCUT2D eigenvalue weighted by molar-refractivity contribution is 9.10. The molecule has 0 bridgehead atoms. The molecule has 1 aliphatic heterocycles. The van der Waals surface area contributed by atoms with Gasteiger partial charge in [0.1, 0.15) is 5.69 Å². The van der Waals surface area contributed by atoms with Gasteiger partial charge in [0.25, 0.3) is 5.69 Å². The van der Waals surface area contributed by atoms with Crippen LogP contribution in [0.1, 0.15) is 19.8 Å². The van der Waals surface area contributed by atoms with Crippen LogP contribution in [0.25, 0.3) is 0 Å². The SMILES string of the molecule is CCN1CCC(Nc2cc(Br)ccc2[N+](=O)[O-])CC1. The second kappa shape index (κ2) is 6.34. The number of piperidine rings is 1. The minimum Gasteiger partial charge on any atom is -0.377 e. The molecule has 0 saturated carbocycles. The number of likely N-dealkylation sites (tertiary alicyclic amines) is 1. The van der Waals surface area contributed by atoms with Crippen LogP contribution in [0.3, 0.4) is 0 Å². The fourth-order valence-corrected chi connectivity index (χ4v) is 2.76. The molecular formula is C13H18BrN3O2. The molecule has 0 aliphatic carbocycles. The van der Waals surface area contributed by atoms with E-state index in [1.165, 1.54) is 6.07 Å². The number of nitrogens with zero attached hydrogens (tertiary/aromatic N) is 2. The molecule has 1 aromatic carbocycles. The summed E-state index contributed by atoms with van der Waals surface area (Å²) in [5.41, 5.74) is 0.746. The van der Waals surface area contributed by atoms with Gasteiger partial charge in [0.15, 0.2) is 0 Å². The summed E-state index contributed by atoms with van der Waals surface area (Å²) in [4.78, 5) is 13.1. The summed E-state index contributed by atoms with van der Waals surface area (Å²) >= 11 is 3.36. The standard InChI is InChI=1S/C13H18BrN3O2/c1-2-16-7-5-11(6-8-16)15-12-9-10(14)3-4-13(12)17(18)19/h3-4,9,11,15H,2,5-8H2,1H3.